The number of amides is 1. The van der Waals surface area contributed by atoms with Crippen molar-refractivity contribution >= 4 is 11.7 Å². The van der Waals surface area contributed by atoms with E-state index in [1.807, 2.05) is 11.1 Å². The third-order valence-electron chi connectivity index (χ3n) is 6.27. The van der Waals surface area contributed by atoms with Crippen molar-refractivity contribution in [2.45, 2.75) is 44.9 Å². The third kappa shape index (κ3) is 5.13. The molecule has 2 saturated heterocycles. The van der Waals surface area contributed by atoms with Crippen LogP contribution in [0.5, 0.6) is 5.88 Å². The Hall–Kier alpha value is -1.89. The van der Waals surface area contributed by atoms with Gasteiger partial charge in [0.05, 0.1) is 25.5 Å². The maximum atomic E-state index is 12.4. The van der Waals surface area contributed by atoms with Crippen molar-refractivity contribution in [3.63, 3.8) is 0 Å². The second kappa shape index (κ2) is 9.54. The highest BCUT2D eigenvalue weighted by Crippen LogP contribution is 2.25. The number of hydrogen-bond donors (Lipinski definition) is 0. The fourth-order valence-electron chi connectivity index (χ4n) is 4.56. The van der Waals surface area contributed by atoms with Gasteiger partial charge >= 0.3 is 0 Å². The number of rotatable bonds is 6. The van der Waals surface area contributed by atoms with Gasteiger partial charge in [-0.3, -0.25) is 14.7 Å². The second-order valence-electron chi connectivity index (χ2n) is 8.38. The van der Waals surface area contributed by atoms with Crippen molar-refractivity contribution < 1.29 is 9.53 Å². The molecule has 0 atom stereocenters. The number of likely N-dealkylation sites (tertiary alicyclic amines) is 1. The largest absolute Gasteiger partial charge is 0.476 e. The number of anilines is 1. The summed E-state index contributed by atoms with van der Waals surface area (Å²) in [5.74, 6) is 2.48. The van der Waals surface area contributed by atoms with Crippen LogP contribution < -0.4 is 9.64 Å². The number of carbonyl (C=O) groups is 1. The number of aromatic nitrogens is 2. The fraction of sp³-hybridized carbons (Fsp3) is 0.762. The van der Waals surface area contributed by atoms with E-state index in [0.29, 0.717) is 18.3 Å². The van der Waals surface area contributed by atoms with Crippen LogP contribution in [-0.4, -0.2) is 78.1 Å². The molecule has 0 spiro atoms. The van der Waals surface area contributed by atoms with E-state index in [1.54, 1.807) is 6.20 Å². The second-order valence-corrected chi connectivity index (χ2v) is 8.38. The molecule has 154 valence electrons. The summed E-state index contributed by atoms with van der Waals surface area (Å²) in [7, 11) is 0. The van der Waals surface area contributed by atoms with Crippen LogP contribution in [0.2, 0.25) is 0 Å². The molecule has 0 aromatic carbocycles. The molecular formula is C21H33N5O2. The Bertz CT molecular complexity index is 643. The first-order valence-electron chi connectivity index (χ1n) is 11.0. The minimum absolute atomic E-state index is 0.285. The normalized spacial score (nSPS) is 21.9. The molecule has 0 bridgehead atoms. The van der Waals surface area contributed by atoms with Gasteiger partial charge in [-0.15, -0.1) is 0 Å². The molecule has 3 heterocycles. The molecule has 4 rings (SSSR count). The van der Waals surface area contributed by atoms with Crippen LogP contribution in [0.1, 0.15) is 44.9 Å². The van der Waals surface area contributed by atoms with E-state index in [9.17, 15) is 4.79 Å². The van der Waals surface area contributed by atoms with Crippen molar-refractivity contribution in [3.05, 3.63) is 12.4 Å². The van der Waals surface area contributed by atoms with Crippen molar-refractivity contribution in [1.29, 1.82) is 0 Å². The zero-order chi connectivity index (χ0) is 19.2. The van der Waals surface area contributed by atoms with Crippen molar-refractivity contribution in [2.24, 2.45) is 5.92 Å². The van der Waals surface area contributed by atoms with Gasteiger partial charge in [0.15, 0.2) is 5.82 Å². The van der Waals surface area contributed by atoms with Crippen molar-refractivity contribution in [1.82, 2.24) is 19.8 Å². The van der Waals surface area contributed by atoms with Crippen LogP contribution in [0.15, 0.2) is 12.4 Å². The summed E-state index contributed by atoms with van der Waals surface area (Å²) in [5, 5.41) is 0. The molecule has 1 aliphatic carbocycles. The van der Waals surface area contributed by atoms with Gasteiger partial charge in [-0.1, -0.05) is 12.8 Å². The first-order chi connectivity index (χ1) is 13.8. The third-order valence-corrected chi connectivity index (χ3v) is 6.27. The molecule has 2 aliphatic heterocycles. The van der Waals surface area contributed by atoms with Crippen LogP contribution >= 0.6 is 0 Å². The average Bonchev–Trinajstić information content (AvgIpc) is 3.39. The predicted molar refractivity (Wildman–Crippen MR) is 109 cm³/mol. The van der Waals surface area contributed by atoms with Gasteiger partial charge in [-0.2, -0.15) is 4.98 Å². The van der Waals surface area contributed by atoms with E-state index in [4.69, 9.17) is 9.72 Å². The van der Waals surface area contributed by atoms with Gasteiger partial charge in [-0.05, 0) is 38.0 Å². The minimum atomic E-state index is 0.285. The average molecular weight is 388 g/mol. The maximum Gasteiger partial charge on any atom is 0.236 e. The summed E-state index contributed by atoms with van der Waals surface area (Å²) < 4.78 is 5.92. The number of ether oxygens (including phenoxy) is 1. The predicted octanol–water partition coefficient (Wildman–Crippen LogP) is 2.18. The van der Waals surface area contributed by atoms with E-state index in [2.05, 4.69) is 14.8 Å². The molecule has 1 aromatic rings. The molecule has 1 amide bonds. The van der Waals surface area contributed by atoms with E-state index in [-0.39, 0.29) is 5.91 Å². The Kier molecular flexibility index (Phi) is 6.62. The van der Waals surface area contributed by atoms with Gasteiger partial charge in [-0.25, -0.2) is 0 Å². The zero-order valence-electron chi connectivity index (χ0n) is 16.9. The first kappa shape index (κ1) is 19.4. The molecule has 0 N–H and O–H groups in total. The van der Waals surface area contributed by atoms with Crippen LogP contribution in [0.25, 0.3) is 0 Å². The van der Waals surface area contributed by atoms with E-state index in [1.165, 1.54) is 25.7 Å². The molecule has 7 heteroatoms. The summed E-state index contributed by atoms with van der Waals surface area (Å²) in [6, 6.07) is 0. The quantitative estimate of drug-likeness (QED) is 0.746. The van der Waals surface area contributed by atoms with Crippen LogP contribution in [0.4, 0.5) is 5.82 Å². The van der Waals surface area contributed by atoms with Gasteiger partial charge in [0.1, 0.15) is 0 Å². The smallest absolute Gasteiger partial charge is 0.236 e. The Balaban J connectivity index is 1.28. The van der Waals surface area contributed by atoms with Crippen LogP contribution in [0, 0.1) is 5.92 Å². The SMILES string of the molecule is O=C(CN1CCCN(c2cncc(OCC3CCCC3)n2)CC1)N1CCCC1. The molecule has 3 fully saturated rings. The van der Waals surface area contributed by atoms with E-state index >= 15 is 0 Å². The molecule has 0 unspecified atom stereocenters. The Labute approximate surface area is 168 Å². The highest BCUT2D eigenvalue weighted by molar-refractivity contribution is 5.78. The molecule has 7 nitrogen and oxygen atoms in total. The summed E-state index contributed by atoms with van der Waals surface area (Å²) in [6.07, 6.45) is 12.1. The lowest BCUT2D eigenvalue weighted by molar-refractivity contribution is -0.131. The van der Waals surface area contributed by atoms with Gasteiger partial charge < -0.3 is 14.5 Å². The number of hydrogen-bond acceptors (Lipinski definition) is 6. The minimum Gasteiger partial charge on any atom is -0.476 e. The van der Waals surface area contributed by atoms with Gasteiger partial charge in [0.2, 0.25) is 11.8 Å². The zero-order valence-corrected chi connectivity index (χ0v) is 16.9. The number of nitrogens with zero attached hydrogens (tertiary/aromatic N) is 5. The summed E-state index contributed by atoms with van der Waals surface area (Å²) in [4.78, 5) is 28.1. The summed E-state index contributed by atoms with van der Waals surface area (Å²) in [5.41, 5.74) is 0. The lowest BCUT2D eigenvalue weighted by Crippen LogP contribution is -2.40. The Morgan fingerprint density at radius 3 is 2.61 bits per heavy atom. The van der Waals surface area contributed by atoms with E-state index < -0.39 is 0 Å². The molecule has 1 aromatic heterocycles. The lowest BCUT2D eigenvalue weighted by Gasteiger charge is -2.24. The van der Waals surface area contributed by atoms with Gasteiger partial charge in [0.25, 0.3) is 0 Å². The van der Waals surface area contributed by atoms with Gasteiger partial charge in [0, 0.05) is 39.3 Å². The molecule has 1 saturated carbocycles. The molecule has 28 heavy (non-hydrogen) atoms. The van der Waals surface area contributed by atoms with Crippen LogP contribution in [-0.2, 0) is 4.79 Å². The monoisotopic (exact) mass is 387 g/mol. The highest BCUT2D eigenvalue weighted by atomic mass is 16.5. The number of carbonyl (C=O) groups excluding carboxylic acids is 1. The van der Waals surface area contributed by atoms with Crippen molar-refractivity contribution in [2.75, 3.05) is 57.3 Å². The van der Waals surface area contributed by atoms with Crippen LogP contribution in [0.3, 0.4) is 0 Å². The van der Waals surface area contributed by atoms with E-state index in [0.717, 1.165) is 71.0 Å². The lowest BCUT2D eigenvalue weighted by atomic mass is 10.1. The standard InChI is InChI=1S/C21H33N5O2/c27-21(26-9-3-4-10-26)16-24-8-5-11-25(13-12-24)19-14-22-15-20(23-19)28-17-18-6-1-2-7-18/h14-15,18H,1-13,16-17H2. The Morgan fingerprint density at radius 2 is 1.79 bits per heavy atom. The summed E-state index contributed by atoms with van der Waals surface area (Å²) >= 11 is 0. The fourth-order valence-corrected chi connectivity index (χ4v) is 4.56. The highest BCUT2D eigenvalue weighted by Gasteiger charge is 2.23. The molecule has 0 radical (unpaired) electrons. The Morgan fingerprint density at radius 1 is 0.964 bits per heavy atom. The molecule has 3 aliphatic rings. The topological polar surface area (TPSA) is 61.8 Å². The first-order valence-corrected chi connectivity index (χ1v) is 11.0. The van der Waals surface area contributed by atoms with Crippen molar-refractivity contribution in [3.8, 4) is 5.88 Å². The molecular weight excluding hydrogens is 354 g/mol. The maximum absolute atomic E-state index is 12.4. The summed E-state index contributed by atoms with van der Waals surface area (Å²) in [6.45, 7) is 6.82.